The Bertz CT molecular complexity index is 497. The second-order valence-corrected chi connectivity index (χ2v) is 6.56. The Hall–Kier alpha value is -0.770. The Kier molecular flexibility index (Phi) is 4.95. The molecule has 1 aliphatic carbocycles. The molecule has 0 saturated heterocycles. The van der Waals surface area contributed by atoms with E-state index in [1.807, 2.05) is 0 Å². The van der Waals surface area contributed by atoms with Crippen LogP contribution < -0.4 is 5.32 Å². The largest absolute Gasteiger partial charge is 0.388 e. The van der Waals surface area contributed by atoms with Gasteiger partial charge in [-0.25, -0.2) is 0 Å². The Labute approximate surface area is 129 Å². The van der Waals surface area contributed by atoms with Gasteiger partial charge in [0.05, 0.1) is 16.2 Å². The van der Waals surface area contributed by atoms with Gasteiger partial charge in [-0.15, -0.1) is 0 Å². The van der Waals surface area contributed by atoms with E-state index in [4.69, 9.17) is 23.2 Å². The van der Waals surface area contributed by atoms with E-state index in [2.05, 4.69) is 12.2 Å². The van der Waals surface area contributed by atoms with Gasteiger partial charge >= 0.3 is 0 Å². The number of rotatable bonds is 3. The van der Waals surface area contributed by atoms with Crippen LogP contribution in [0.3, 0.4) is 0 Å². The molecule has 2 N–H and O–H groups in total. The van der Waals surface area contributed by atoms with E-state index in [9.17, 15) is 9.90 Å². The van der Waals surface area contributed by atoms with Crippen LogP contribution in [0.1, 0.15) is 43.0 Å². The summed E-state index contributed by atoms with van der Waals surface area (Å²) in [5.41, 5.74) is -0.459. The van der Waals surface area contributed by atoms with Crippen molar-refractivity contribution in [2.24, 2.45) is 5.92 Å². The molecule has 0 radical (unpaired) electrons. The molecule has 0 aliphatic heterocycles. The number of amides is 1. The summed E-state index contributed by atoms with van der Waals surface area (Å²) < 4.78 is 0. The lowest BCUT2D eigenvalue weighted by Crippen LogP contribution is -2.45. The minimum absolute atomic E-state index is 0.251. The van der Waals surface area contributed by atoms with E-state index in [1.54, 1.807) is 12.1 Å². The number of hydrogen-bond acceptors (Lipinski definition) is 2. The van der Waals surface area contributed by atoms with Crippen molar-refractivity contribution in [1.29, 1.82) is 0 Å². The zero-order valence-corrected chi connectivity index (χ0v) is 13.0. The molecule has 1 aromatic carbocycles. The van der Waals surface area contributed by atoms with Gasteiger partial charge in [-0.05, 0) is 49.8 Å². The summed E-state index contributed by atoms with van der Waals surface area (Å²) in [7, 11) is 0. The molecule has 2 rings (SSSR count). The third kappa shape index (κ3) is 3.87. The summed E-state index contributed by atoms with van der Waals surface area (Å²) in [5.74, 6) is 0.345. The first-order chi connectivity index (χ1) is 9.39. The summed E-state index contributed by atoms with van der Waals surface area (Å²) >= 11 is 11.8. The molecule has 0 atom stereocenters. The van der Waals surface area contributed by atoms with Crippen molar-refractivity contribution >= 4 is 29.1 Å². The number of aliphatic hydroxyl groups is 1. The third-order valence-electron chi connectivity index (χ3n) is 3.96. The van der Waals surface area contributed by atoms with E-state index in [0.717, 1.165) is 25.7 Å². The van der Waals surface area contributed by atoms with Crippen LogP contribution >= 0.6 is 23.2 Å². The molecule has 1 amide bonds. The molecule has 3 nitrogen and oxygen atoms in total. The molecule has 110 valence electrons. The summed E-state index contributed by atoms with van der Waals surface area (Å²) in [6.45, 7) is 2.44. The van der Waals surface area contributed by atoms with Gasteiger partial charge in [0.2, 0.25) is 0 Å². The molecule has 0 spiro atoms. The SMILES string of the molecule is CC1CCC(O)(CNC(=O)c2cc(Cl)ccc2Cl)CC1. The lowest BCUT2D eigenvalue weighted by atomic mass is 9.79. The molecular weight excluding hydrogens is 297 g/mol. The minimum atomic E-state index is -0.798. The molecule has 1 aliphatic rings. The fourth-order valence-electron chi connectivity index (χ4n) is 2.49. The topological polar surface area (TPSA) is 49.3 Å². The van der Waals surface area contributed by atoms with Gasteiger partial charge in [-0.2, -0.15) is 0 Å². The zero-order valence-electron chi connectivity index (χ0n) is 11.5. The van der Waals surface area contributed by atoms with Gasteiger partial charge < -0.3 is 10.4 Å². The van der Waals surface area contributed by atoms with Crippen molar-refractivity contribution in [1.82, 2.24) is 5.32 Å². The number of nitrogens with one attached hydrogen (secondary N) is 1. The van der Waals surface area contributed by atoms with E-state index in [-0.39, 0.29) is 12.5 Å². The quantitative estimate of drug-likeness (QED) is 0.894. The highest BCUT2D eigenvalue weighted by Crippen LogP contribution is 2.31. The van der Waals surface area contributed by atoms with E-state index in [1.165, 1.54) is 6.07 Å². The molecule has 5 heteroatoms. The monoisotopic (exact) mass is 315 g/mol. The molecule has 20 heavy (non-hydrogen) atoms. The summed E-state index contributed by atoms with van der Waals surface area (Å²) in [4.78, 5) is 12.1. The zero-order chi connectivity index (χ0) is 14.8. The van der Waals surface area contributed by atoms with Gasteiger partial charge in [0.15, 0.2) is 0 Å². The number of benzene rings is 1. The van der Waals surface area contributed by atoms with Gasteiger partial charge in [0.25, 0.3) is 5.91 Å². The van der Waals surface area contributed by atoms with E-state index >= 15 is 0 Å². The minimum Gasteiger partial charge on any atom is -0.388 e. The van der Waals surface area contributed by atoms with Gasteiger partial charge in [0.1, 0.15) is 0 Å². The second kappa shape index (κ2) is 6.33. The number of carbonyl (C=O) groups is 1. The molecule has 0 bridgehead atoms. The lowest BCUT2D eigenvalue weighted by Gasteiger charge is -2.34. The Morgan fingerprint density at radius 1 is 1.40 bits per heavy atom. The van der Waals surface area contributed by atoms with Crippen LogP contribution in [0.5, 0.6) is 0 Å². The Morgan fingerprint density at radius 3 is 2.70 bits per heavy atom. The Morgan fingerprint density at radius 2 is 2.05 bits per heavy atom. The first kappa shape index (κ1) is 15.6. The van der Waals surface area contributed by atoms with Crippen molar-refractivity contribution < 1.29 is 9.90 Å². The molecule has 0 heterocycles. The van der Waals surface area contributed by atoms with Crippen LogP contribution in [-0.2, 0) is 0 Å². The van der Waals surface area contributed by atoms with Crippen molar-refractivity contribution in [3.8, 4) is 0 Å². The van der Waals surface area contributed by atoms with Crippen molar-refractivity contribution in [2.75, 3.05) is 6.54 Å². The summed E-state index contributed by atoms with van der Waals surface area (Å²) in [6, 6.07) is 4.76. The van der Waals surface area contributed by atoms with Crippen LogP contribution in [0.25, 0.3) is 0 Å². The molecular formula is C15H19Cl2NO2. The first-order valence-corrected chi connectivity index (χ1v) is 7.61. The fraction of sp³-hybridized carbons (Fsp3) is 0.533. The standard InChI is InChI=1S/C15H19Cl2NO2/c1-10-4-6-15(20,7-5-10)9-18-14(19)12-8-11(16)2-3-13(12)17/h2-3,8,10,20H,4-7,9H2,1H3,(H,18,19). The van der Waals surface area contributed by atoms with Gasteiger partial charge in [0, 0.05) is 11.6 Å². The normalized spacial score (nSPS) is 26.3. The molecule has 1 aromatic rings. The average molecular weight is 316 g/mol. The highest BCUT2D eigenvalue weighted by Gasteiger charge is 2.32. The van der Waals surface area contributed by atoms with Crippen molar-refractivity contribution in [3.05, 3.63) is 33.8 Å². The van der Waals surface area contributed by atoms with Crippen LogP contribution in [0.15, 0.2) is 18.2 Å². The predicted molar refractivity (Wildman–Crippen MR) is 81.4 cm³/mol. The first-order valence-electron chi connectivity index (χ1n) is 6.85. The van der Waals surface area contributed by atoms with Crippen LogP contribution in [0.4, 0.5) is 0 Å². The van der Waals surface area contributed by atoms with E-state index < -0.39 is 5.60 Å². The van der Waals surface area contributed by atoms with E-state index in [0.29, 0.717) is 21.5 Å². The van der Waals surface area contributed by atoms with Gasteiger partial charge in [-0.3, -0.25) is 4.79 Å². The van der Waals surface area contributed by atoms with Crippen molar-refractivity contribution in [3.63, 3.8) is 0 Å². The lowest BCUT2D eigenvalue weighted by molar-refractivity contribution is -0.00539. The molecule has 1 fully saturated rings. The maximum Gasteiger partial charge on any atom is 0.252 e. The number of carbonyl (C=O) groups excluding carboxylic acids is 1. The molecule has 0 aromatic heterocycles. The fourth-order valence-corrected chi connectivity index (χ4v) is 2.86. The molecule has 1 saturated carbocycles. The summed E-state index contributed by atoms with van der Waals surface area (Å²) in [5, 5.41) is 14.0. The van der Waals surface area contributed by atoms with Crippen molar-refractivity contribution in [2.45, 2.75) is 38.2 Å². The average Bonchev–Trinajstić information content (AvgIpc) is 2.43. The molecule has 0 unspecified atom stereocenters. The number of hydrogen-bond donors (Lipinski definition) is 2. The highest BCUT2D eigenvalue weighted by molar-refractivity contribution is 6.35. The van der Waals surface area contributed by atoms with Gasteiger partial charge in [-0.1, -0.05) is 30.1 Å². The third-order valence-corrected chi connectivity index (χ3v) is 4.52. The number of halogens is 2. The second-order valence-electron chi connectivity index (χ2n) is 5.71. The van der Waals surface area contributed by atoms with Crippen LogP contribution in [0.2, 0.25) is 10.0 Å². The van der Waals surface area contributed by atoms with Crippen LogP contribution in [-0.4, -0.2) is 23.2 Å². The summed E-state index contributed by atoms with van der Waals surface area (Å²) in [6.07, 6.45) is 3.42. The maximum absolute atomic E-state index is 12.1. The Balaban J connectivity index is 1.97. The maximum atomic E-state index is 12.1. The predicted octanol–water partition coefficient (Wildman–Crippen LogP) is 3.66. The van der Waals surface area contributed by atoms with Crippen LogP contribution in [0, 0.1) is 5.92 Å². The highest BCUT2D eigenvalue weighted by atomic mass is 35.5. The smallest absolute Gasteiger partial charge is 0.252 e.